The van der Waals surface area contributed by atoms with Crippen LogP contribution in [0.3, 0.4) is 0 Å². The monoisotopic (exact) mass is 76.0 g/mol. The summed E-state index contributed by atoms with van der Waals surface area (Å²) in [6.45, 7) is 0. The summed E-state index contributed by atoms with van der Waals surface area (Å²) in [6, 6.07) is 0. The lowest BCUT2D eigenvalue weighted by atomic mass is 10.1. The first-order chi connectivity index (χ1) is 1.91. The third kappa shape index (κ3) is 2.35. The molecule has 4 heavy (non-hydrogen) atoms. The summed E-state index contributed by atoms with van der Waals surface area (Å²) in [5.41, 5.74) is 0. The van der Waals surface area contributed by atoms with Crippen molar-refractivity contribution in [2.24, 2.45) is 0 Å². The average Bonchev–Trinajstić information content (AvgIpc) is 1.37. The van der Waals surface area contributed by atoms with Crippen molar-refractivity contribution in [2.75, 3.05) is 5.88 Å². The van der Waals surface area contributed by atoms with Gasteiger partial charge in [-0.2, -0.15) is 0 Å². The normalized spacial score (nSPS) is 7.25. The first-order valence-electron chi connectivity index (χ1n) is 1.47. The molecule has 0 aliphatic rings. The van der Waals surface area contributed by atoms with Crippen LogP contribution in [0.1, 0.15) is 0 Å². The lowest BCUT2D eigenvalue weighted by Gasteiger charge is -1.64. The standard InChI is InChI=1S/C2H6BCl/c3-1-2-4/h1-3H2. The fourth-order valence-electron chi connectivity index (χ4n) is 0. The molecule has 0 rings (SSSR count). The molecule has 0 aromatic heterocycles. The quantitative estimate of drug-likeness (QED) is 0.311. The Kier molecular flexibility index (Phi) is 3.65. The molecular formula is C2H6BCl. The van der Waals surface area contributed by atoms with Gasteiger partial charge in [0.2, 0.25) is 0 Å². The van der Waals surface area contributed by atoms with Crippen LogP contribution in [0, 0.1) is 0 Å². The van der Waals surface area contributed by atoms with Crippen molar-refractivity contribution in [3.05, 3.63) is 0 Å². The fourth-order valence-corrected chi connectivity index (χ4v) is 0. The molecule has 0 aliphatic heterocycles. The minimum Gasteiger partial charge on any atom is -0.127 e. The van der Waals surface area contributed by atoms with Crippen LogP contribution in [0.2, 0.25) is 6.32 Å². The molecule has 0 aromatic rings. The molecule has 0 saturated heterocycles. The van der Waals surface area contributed by atoms with Gasteiger partial charge in [-0.1, -0.05) is 6.32 Å². The number of rotatable bonds is 1. The van der Waals surface area contributed by atoms with Crippen molar-refractivity contribution >= 4 is 19.4 Å². The largest absolute Gasteiger partial charge is 0.127 e. The maximum atomic E-state index is 5.19. The van der Waals surface area contributed by atoms with E-state index in [1.165, 1.54) is 0 Å². The van der Waals surface area contributed by atoms with Crippen LogP contribution in [0.4, 0.5) is 0 Å². The van der Waals surface area contributed by atoms with E-state index in [1.54, 1.807) is 0 Å². The van der Waals surface area contributed by atoms with Crippen LogP contribution in [0.15, 0.2) is 0 Å². The van der Waals surface area contributed by atoms with Gasteiger partial charge in [-0.15, -0.1) is 11.6 Å². The van der Waals surface area contributed by atoms with E-state index in [4.69, 9.17) is 11.6 Å². The van der Waals surface area contributed by atoms with E-state index in [0.717, 1.165) is 12.2 Å². The Hall–Kier alpha value is 0.355. The Labute approximate surface area is 32.6 Å². The van der Waals surface area contributed by atoms with Crippen molar-refractivity contribution in [2.45, 2.75) is 6.32 Å². The molecule has 0 aromatic carbocycles. The zero-order chi connectivity index (χ0) is 3.41. The van der Waals surface area contributed by atoms with Crippen molar-refractivity contribution in [3.63, 3.8) is 0 Å². The van der Waals surface area contributed by atoms with Gasteiger partial charge >= 0.3 is 0 Å². The number of halogens is 1. The van der Waals surface area contributed by atoms with Crippen molar-refractivity contribution in [1.82, 2.24) is 0 Å². The molecule has 0 radical (unpaired) electrons. The van der Waals surface area contributed by atoms with E-state index in [-0.39, 0.29) is 0 Å². The Bertz CT molecular complexity index is 8.00. The predicted molar refractivity (Wildman–Crippen MR) is 24.1 cm³/mol. The third-order valence-electron chi connectivity index (χ3n) is 0.189. The smallest absolute Gasteiger partial charge is 0.102 e. The molecule has 0 amide bonds. The zero-order valence-corrected chi connectivity index (χ0v) is 3.55. The summed E-state index contributed by atoms with van der Waals surface area (Å²) < 4.78 is 0. The fraction of sp³-hybridized carbons (Fsp3) is 1.00. The van der Waals surface area contributed by atoms with Gasteiger partial charge < -0.3 is 0 Å². The molecule has 0 bridgehead atoms. The molecular weight excluding hydrogens is 70.3 g/mol. The lowest BCUT2D eigenvalue weighted by molar-refractivity contribution is 1.49. The summed E-state index contributed by atoms with van der Waals surface area (Å²) in [7, 11) is 2.05. The lowest BCUT2D eigenvalue weighted by Crippen LogP contribution is -1.62. The summed E-state index contributed by atoms with van der Waals surface area (Å²) in [5.74, 6) is 0.792. The minimum absolute atomic E-state index is 0.792. The van der Waals surface area contributed by atoms with Gasteiger partial charge in [0, 0.05) is 5.88 Å². The van der Waals surface area contributed by atoms with E-state index < -0.39 is 0 Å². The number of hydrogen-bond acceptors (Lipinski definition) is 0. The number of alkyl halides is 1. The Morgan fingerprint density at radius 3 is 2.00 bits per heavy atom. The van der Waals surface area contributed by atoms with Crippen LogP contribution in [0.25, 0.3) is 0 Å². The van der Waals surface area contributed by atoms with Gasteiger partial charge in [0.1, 0.15) is 7.85 Å². The van der Waals surface area contributed by atoms with Gasteiger partial charge in [0.25, 0.3) is 0 Å². The molecule has 0 fully saturated rings. The van der Waals surface area contributed by atoms with Crippen LogP contribution in [-0.4, -0.2) is 13.7 Å². The highest BCUT2D eigenvalue weighted by Gasteiger charge is 1.60. The van der Waals surface area contributed by atoms with Crippen LogP contribution < -0.4 is 0 Å². The summed E-state index contributed by atoms with van der Waals surface area (Å²) in [4.78, 5) is 0. The summed E-state index contributed by atoms with van der Waals surface area (Å²) in [5, 5.41) is 0. The molecule has 0 heterocycles. The second-order valence-corrected chi connectivity index (χ2v) is 1.07. The van der Waals surface area contributed by atoms with E-state index in [0.29, 0.717) is 0 Å². The van der Waals surface area contributed by atoms with Crippen molar-refractivity contribution in [3.8, 4) is 0 Å². The summed E-state index contributed by atoms with van der Waals surface area (Å²) >= 11 is 5.19. The molecule has 0 N–H and O–H groups in total. The van der Waals surface area contributed by atoms with Gasteiger partial charge in [-0.25, -0.2) is 0 Å². The maximum absolute atomic E-state index is 5.19. The van der Waals surface area contributed by atoms with Gasteiger partial charge in [-0.05, 0) is 0 Å². The van der Waals surface area contributed by atoms with Gasteiger partial charge in [-0.3, -0.25) is 0 Å². The van der Waals surface area contributed by atoms with Crippen molar-refractivity contribution in [1.29, 1.82) is 0 Å². The molecule has 0 nitrogen and oxygen atoms in total. The van der Waals surface area contributed by atoms with E-state index in [2.05, 4.69) is 0 Å². The van der Waals surface area contributed by atoms with Gasteiger partial charge in [0.15, 0.2) is 0 Å². The van der Waals surface area contributed by atoms with E-state index in [9.17, 15) is 0 Å². The van der Waals surface area contributed by atoms with Crippen LogP contribution in [0.5, 0.6) is 0 Å². The van der Waals surface area contributed by atoms with Crippen molar-refractivity contribution < 1.29 is 0 Å². The molecule has 24 valence electrons. The van der Waals surface area contributed by atoms with Gasteiger partial charge in [0.05, 0.1) is 0 Å². The Morgan fingerprint density at radius 1 is 1.75 bits per heavy atom. The van der Waals surface area contributed by atoms with E-state index >= 15 is 0 Å². The maximum Gasteiger partial charge on any atom is 0.102 e. The SMILES string of the molecule is BCCCl. The molecule has 0 unspecified atom stereocenters. The van der Waals surface area contributed by atoms with Crippen LogP contribution in [-0.2, 0) is 0 Å². The first kappa shape index (κ1) is 4.35. The molecule has 0 atom stereocenters. The molecule has 0 saturated carbocycles. The Balaban J connectivity index is 1.97. The van der Waals surface area contributed by atoms with Crippen LogP contribution >= 0.6 is 11.6 Å². The zero-order valence-electron chi connectivity index (χ0n) is 2.79. The first-order valence-corrected chi connectivity index (χ1v) is 2.01. The summed E-state index contributed by atoms with van der Waals surface area (Å²) in [6.07, 6.45) is 1.08. The Morgan fingerprint density at radius 2 is 2.00 bits per heavy atom. The highest BCUT2D eigenvalue weighted by Crippen LogP contribution is 1.73. The van der Waals surface area contributed by atoms with E-state index in [1.807, 2.05) is 7.85 Å². The second kappa shape index (κ2) is 3.35. The topological polar surface area (TPSA) is 0 Å². The third-order valence-corrected chi connectivity index (χ3v) is 0.567. The molecule has 2 heteroatoms. The predicted octanol–water partition coefficient (Wildman–Crippen LogP) is 0.277. The number of hydrogen-bond donors (Lipinski definition) is 0. The highest BCUT2D eigenvalue weighted by atomic mass is 35.5. The molecule has 0 aliphatic carbocycles. The highest BCUT2D eigenvalue weighted by molar-refractivity contribution is 6.22. The molecule has 0 spiro atoms. The second-order valence-electron chi connectivity index (χ2n) is 0.689. The minimum atomic E-state index is 0.792. The average molecular weight is 76.3 g/mol.